The van der Waals surface area contributed by atoms with Crippen molar-refractivity contribution in [2.45, 2.75) is 97.5 Å². The van der Waals surface area contributed by atoms with E-state index in [1.165, 1.54) is 38.5 Å². The Bertz CT molecular complexity index is 1030. The molecular weight excluding hydrogens is 618 g/mol. The SMILES string of the molecule is COCCOCCOCC(=O)NCCOCCOCC(=O)O[C@H]1CC[C@@]2(C)[C@H](CCC3[C@@H]2CC[C@]2(C)[C@@H]([C@H](C)CCC(=O)O)CC[C@@H]32)C1. The highest BCUT2D eigenvalue weighted by molar-refractivity contribution is 5.77. The van der Waals surface area contributed by atoms with E-state index in [9.17, 15) is 19.5 Å². The van der Waals surface area contributed by atoms with Gasteiger partial charge in [0.15, 0.2) is 0 Å². The molecule has 0 aromatic rings. The van der Waals surface area contributed by atoms with Crippen LogP contribution in [0.5, 0.6) is 0 Å². The third-order valence-electron chi connectivity index (χ3n) is 12.7. The highest BCUT2D eigenvalue weighted by atomic mass is 16.6. The largest absolute Gasteiger partial charge is 0.481 e. The molecule has 4 aliphatic rings. The number of hydrogen-bond donors (Lipinski definition) is 2. The van der Waals surface area contributed by atoms with Crippen LogP contribution in [-0.2, 0) is 42.8 Å². The smallest absolute Gasteiger partial charge is 0.332 e. The van der Waals surface area contributed by atoms with Gasteiger partial charge < -0.3 is 38.8 Å². The number of carbonyl (C=O) groups is 3. The fraction of sp³-hybridized carbons (Fsp3) is 0.919. The van der Waals surface area contributed by atoms with Crippen molar-refractivity contribution in [2.75, 3.05) is 73.1 Å². The minimum absolute atomic E-state index is 0.0283. The molecule has 2 N–H and O–H groups in total. The summed E-state index contributed by atoms with van der Waals surface area (Å²) in [5, 5.41) is 12.0. The van der Waals surface area contributed by atoms with Crippen LogP contribution in [0.2, 0.25) is 0 Å². The third kappa shape index (κ3) is 10.4. The lowest BCUT2D eigenvalue weighted by atomic mass is 9.44. The molecule has 4 fully saturated rings. The molecule has 4 saturated carbocycles. The highest BCUT2D eigenvalue weighted by Gasteiger charge is 2.60. The molecule has 1 unspecified atom stereocenters. The second-order valence-electron chi connectivity index (χ2n) is 15.4. The predicted molar refractivity (Wildman–Crippen MR) is 179 cm³/mol. The topological polar surface area (TPSA) is 139 Å². The van der Waals surface area contributed by atoms with Gasteiger partial charge in [-0.1, -0.05) is 20.8 Å². The lowest BCUT2D eigenvalue weighted by Gasteiger charge is -2.61. The van der Waals surface area contributed by atoms with Crippen molar-refractivity contribution in [1.29, 1.82) is 0 Å². The molecule has 0 aromatic heterocycles. The summed E-state index contributed by atoms with van der Waals surface area (Å²) in [6.45, 7) is 10.3. The summed E-state index contributed by atoms with van der Waals surface area (Å²) in [6.07, 6.45) is 11.6. The zero-order valence-corrected chi connectivity index (χ0v) is 30.0. The molecule has 11 heteroatoms. The van der Waals surface area contributed by atoms with Crippen molar-refractivity contribution in [3.8, 4) is 0 Å². The van der Waals surface area contributed by atoms with Crippen LogP contribution in [0.25, 0.3) is 0 Å². The van der Waals surface area contributed by atoms with Gasteiger partial charge in [0.05, 0.1) is 46.2 Å². The van der Waals surface area contributed by atoms with Gasteiger partial charge in [-0.25, -0.2) is 4.79 Å². The van der Waals surface area contributed by atoms with Gasteiger partial charge in [-0.15, -0.1) is 0 Å². The number of carboxylic acid groups (broad SMARTS) is 1. The molecule has 9 atom stereocenters. The lowest BCUT2D eigenvalue weighted by molar-refractivity contribution is -0.167. The van der Waals surface area contributed by atoms with E-state index in [2.05, 4.69) is 26.1 Å². The third-order valence-corrected chi connectivity index (χ3v) is 12.7. The van der Waals surface area contributed by atoms with Crippen molar-refractivity contribution in [2.24, 2.45) is 46.3 Å². The quantitative estimate of drug-likeness (QED) is 0.127. The van der Waals surface area contributed by atoms with Gasteiger partial charge in [0.1, 0.15) is 19.3 Å². The lowest BCUT2D eigenvalue weighted by Crippen LogP contribution is -2.54. The second kappa shape index (κ2) is 19.0. The van der Waals surface area contributed by atoms with E-state index in [-0.39, 0.29) is 44.2 Å². The zero-order valence-electron chi connectivity index (χ0n) is 30.0. The van der Waals surface area contributed by atoms with E-state index in [1.54, 1.807) is 7.11 Å². The van der Waals surface area contributed by atoms with Crippen molar-refractivity contribution < 1.29 is 47.9 Å². The van der Waals surface area contributed by atoms with Crippen LogP contribution in [0.15, 0.2) is 0 Å². The Kier molecular flexibility index (Phi) is 15.4. The maximum absolute atomic E-state index is 12.6. The molecule has 0 saturated heterocycles. The normalized spacial score (nSPS) is 33.2. The summed E-state index contributed by atoms with van der Waals surface area (Å²) in [6, 6.07) is 0. The Morgan fingerprint density at radius 1 is 0.792 bits per heavy atom. The monoisotopic (exact) mass is 681 g/mol. The van der Waals surface area contributed by atoms with Crippen LogP contribution in [-0.4, -0.2) is 102 Å². The van der Waals surface area contributed by atoms with E-state index < -0.39 is 5.97 Å². The van der Waals surface area contributed by atoms with Gasteiger partial charge in [0.25, 0.3) is 0 Å². The number of ether oxygens (including phenoxy) is 6. The van der Waals surface area contributed by atoms with Crippen molar-refractivity contribution in [1.82, 2.24) is 5.32 Å². The Morgan fingerprint density at radius 3 is 2.21 bits per heavy atom. The van der Waals surface area contributed by atoms with E-state index in [1.807, 2.05) is 0 Å². The number of aliphatic carboxylic acids is 1. The van der Waals surface area contributed by atoms with Crippen LogP contribution in [0.4, 0.5) is 0 Å². The summed E-state index contributed by atoms with van der Waals surface area (Å²) in [4.78, 5) is 35.6. The number of rotatable bonds is 21. The van der Waals surface area contributed by atoms with E-state index >= 15 is 0 Å². The van der Waals surface area contributed by atoms with Crippen molar-refractivity contribution >= 4 is 17.8 Å². The Hall–Kier alpha value is -1.79. The minimum atomic E-state index is -0.675. The summed E-state index contributed by atoms with van der Waals surface area (Å²) in [5.41, 5.74) is 0.644. The number of nitrogens with one attached hydrogen (secondary N) is 1. The summed E-state index contributed by atoms with van der Waals surface area (Å²) in [7, 11) is 1.61. The van der Waals surface area contributed by atoms with Crippen LogP contribution >= 0.6 is 0 Å². The molecule has 0 heterocycles. The fourth-order valence-corrected chi connectivity index (χ4v) is 10.3. The number of amides is 1. The molecule has 0 radical (unpaired) electrons. The molecule has 0 aliphatic heterocycles. The molecule has 4 aliphatic carbocycles. The van der Waals surface area contributed by atoms with Crippen LogP contribution < -0.4 is 5.32 Å². The minimum Gasteiger partial charge on any atom is -0.481 e. The van der Waals surface area contributed by atoms with Gasteiger partial charge in [-0.05, 0) is 111 Å². The van der Waals surface area contributed by atoms with Crippen LogP contribution in [0.3, 0.4) is 0 Å². The molecule has 0 spiro atoms. The van der Waals surface area contributed by atoms with Crippen LogP contribution in [0.1, 0.15) is 91.4 Å². The first kappa shape index (κ1) is 39.0. The van der Waals surface area contributed by atoms with Gasteiger partial charge >= 0.3 is 11.9 Å². The summed E-state index contributed by atoms with van der Waals surface area (Å²) in [5.74, 6) is 2.75. The van der Waals surface area contributed by atoms with Crippen LogP contribution in [0, 0.1) is 46.3 Å². The number of hydrogen-bond acceptors (Lipinski definition) is 9. The molecule has 11 nitrogen and oxygen atoms in total. The molecule has 1 amide bonds. The Morgan fingerprint density at radius 2 is 1.46 bits per heavy atom. The number of carbonyl (C=O) groups excluding carboxylic acids is 2. The van der Waals surface area contributed by atoms with E-state index in [0.717, 1.165) is 43.4 Å². The molecule has 48 heavy (non-hydrogen) atoms. The number of esters is 1. The summed E-state index contributed by atoms with van der Waals surface area (Å²) >= 11 is 0. The Labute approximate surface area is 287 Å². The predicted octanol–water partition coefficient (Wildman–Crippen LogP) is 4.89. The van der Waals surface area contributed by atoms with E-state index in [0.29, 0.717) is 74.8 Å². The zero-order chi connectivity index (χ0) is 34.6. The maximum Gasteiger partial charge on any atom is 0.332 e. The number of carboxylic acids is 1. The molecular formula is C37H63NO10. The highest BCUT2D eigenvalue weighted by Crippen LogP contribution is 2.68. The molecule has 4 rings (SSSR count). The standard InChI is InChI=1S/C37H63NO10/c1-26(5-10-34(40)41)30-8-9-31-29-7-6-27-23-28(11-13-36(27,2)32(29)12-14-37(30,31)3)48-35(42)25-47-22-19-44-16-15-38-33(39)24-46-21-20-45-18-17-43-4/h26-32H,5-25H2,1-4H3,(H,38,39)(H,40,41)/t26-,27-,28+,29?,30-,31+,32+,36+,37-/m1/s1. The summed E-state index contributed by atoms with van der Waals surface area (Å²) < 4.78 is 32.3. The van der Waals surface area contributed by atoms with Crippen molar-refractivity contribution in [3.05, 3.63) is 0 Å². The molecule has 0 bridgehead atoms. The van der Waals surface area contributed by atoms with E-state index in [4.69, 9.17) is 28.4 Å². The number of methoxy groups -OCH3 is 1. The average molecular weight is 682 g/mol. The second-order valence-corrected chi connectivity index (χ2v) is 15.4. The fourth-order valence-electron chi connectivity index (χ4n) is 10.3. The van der Waals surface area contributed by atoms with Gasteiger partial charge in [-0.3, -0.25) is 9.59 Å². The van der Waals surface area contributed by atoms with Gasteiger partial charge in [0.2, 0.25) is 5.91 Å². The first-order valence-corrected chi connectivity index (χ1v) is 18.6. The number of fused-ring (bicyclic) bond motifs is 5. The Balaban J connectivity index is 1.07. The van der Waals surface area contributed by atoms with Gasteiger partial charge in [0, 0.05) is 20.1 Å². The first-order chi connectivity index (χ1) is 23.1. The maximum atomic E-state index is 12.6. The first-order valence-electron chi connectivity index (χ1n) is 18.6. The average Bonchev–Trinajstić information content (AvgIpc) is 3.42. The van der Waals surface area contributed by atoms with Gasteiger partial charge in [-0.2, -0.15) is 0 Å². The molecule has 276 valence electrons. The van der Waals surface area contributed by atoms with Crippen molar-refractivity contribution in [3.63, 3.8) is 0 Å². The molecule has 0 aromatic carbocycles.